The topological polar surface area (TPSA) is 34.4 Å². The lowest BCUT2D eigenvalue weighted by atomic mass is 10.2. The first-order valence-electron chi connectivity index (χ1n) is 6.68. The van der Waals surface area contributed by atoms with Crippen LogP contribution >= 0.6 is 11.3 Å². The number of thiophene rings is 1. The highest BCUT2D eigenvalue weighted by atomic mass is 32.1. The molecule has 2 heterocycles. The Hall–Kier alpha value is -1.10. The maximum atomic E-state index is 5.68. The molecule has 0 spiro atoms. The van der Waals surface area contributed by atoms with E-state index in [0.29, 0.717) is 13.2 Å². The molecule has 0 aliphatic heterocycles. The molecule has 0 bridgehead atoms. The molecular formula is C15H21NO2S. The van der Waals surface area contributed by atoms with Crippen LogP contribution in [0.2, 0.25) is 0 Å². The second kappa shape index (κ2) is 7.48. The molecule has 2 aromatic heterocycles. The van der Waals surface area contributed by atoms with Gasteiger partial charge < -0.3 is 14.5 Å². The Morgan fingerprint density at radius 3 is 3.00 bits per heavy atom. The lowest BCUT2D eigenvalue weighted by Gasteiger charge is -2.01. The van der Waals surface area contributed by atoms with Gasteiger partial charge in [-0.15, -0.1) is 11.3 Å². The third-order valence-electron chi connectivity index (χ3n) is 2.88. The van der Waals surface area contributed by atoms with Gasteiger partial charge in [-0.3, -0.25) is 0 Å². The summed E-state index contributed by atoms with van der Waals surface area (Å²) >= 11 is 1.85. The van der Waals surface area contributed by atoms with Crippen LogP contribution in [0.1, 0.15) is 34.4 Å². The molecule has 104 valence electrons. The summed E-state index contributed by atoms with van der Waals surface area (Å²) in [6.07, 6.45) is 2.84. The lowest BCUT2D eigenvalue weighted by molar-refractivity contribution is 0.0928. The smallest absolute Gasteiger partial charge is 0.129 e. The van der Waals surface area contributed by atoms with E-state index < -0.39 is 0 Å². The Balaban J connectivity index is 1.79. The molecule has 0 aromatic carbocycles. The first-order valence-corrected chi connectivity index (χ1v) is 7.50. The SMILES string of the molecule is CCCNCc1cc(COCc2ccco2)c(C)s1. The number of nitrogens with one attached hydrogen (secondary N) is 1. The first kappa shape index (κ1) is 14.3. The highest BCUT2D eigenvalue weighted by Crippen LogP contribution is 2.22. The molecule has 3 nitrogen and oxygen atoms in total. The van der Waals surface area contributed by atoms with Crippen molar-refractivity contribution in [1.29, 1.82) is 0 Å². The summed E-state index contributed by atoms with van der Waals surface area (Å²) in [7, 11) is 0. The Kier molecular flexibility index (Phi) is 5.63. The summed E-state index contributed by atoms with van der Waals surface area (Å²) < 4.78 is 10.9. The summed E-state index contributed by atoms with van der Waals surface area (Å²) in [5.74, 6) is 0.873. The van der Waals surface area contributed by atoms with Gasteiger partial charge in [-0.1, -0.05) is 6.92 Å². The van der Waals surface area contributed by atoms with Crippen molar-refractivity contribution in [2.75, 3.05) is 6.54 Å². The van der Waals surface area contributed by atoms with Crippen LogP contribution in [0.15, 0.2) is 28.9 Å². The third kappa shape index (κ3) is 4.49. The summed E-state index contributed by atoms with van der Waals surface area (Å²) in [6, 6.07) is 6.05. The van der Waals surface area contributed by atoms with Gasteiger partial charge in [0.1, 0.15) is 12.4 Å². The van der Waals surface area contributed by atoms with Gasteiger partial charge in [0.25, 0.3) is 0 Å². The number of furan rings is 1. The normalized spacial score (nSPS) is 11.1. The number of aryl methyl sites for hydroxylation is 1. The molecule has 0 saturated carbocycles. The average Bonchev–Trinajstić information content (AvgIpc) is 3.01. The molecule has 0 saturated heterocycles. The third-order valence-corrected chi connectivity index (χ3v) is 3.97. The van der Waals surface area contributed by atoms with E-state index in [1.165, 1.54) is 21.7 Å². The first-order chi connectivity index (χ1) is 9.29. The molecular weight excluding hydrogens is 258 g/mol. The van der Waals surface area contributed by atoms with Gasteiger partial charge in [0, 0.05) is 16.3 Å². The second-order valence-corrected chi connectivity index (χ2v) is 5.88. The van der Waals surface area contributed by atoms with Crippen molar-refractivity contribution in [2.24, 2.45) is 0 Å². The molecule has 1 N–H and O–H groups in total. The van der Waals surface area contributed by atoms with Crippen LogP contribution in [-0.4, -0.2) is 6.54 Å². The number of rotatable bonds is 8. The summed E-state index contributed by atoms with van der Waals surface area (Å²) in [4.78, 5) is 2.72. The van der Waals surface area contributed by atoms with Crippen LogP contribution in [0.5, 0.6) is 0 Å². The van der Waals surface area contributed by atoms with Gasteiger partial charge in [0.2, 0.25) is 0 Å². The molecule has 0 aliphatic carbocycles. The minimum absolute atomic E-state index is 0.533. The van der Waals surface area contributed by atoms with Crippen molar-refractivity contribution >= 4 is 11.3 Å². The predicted molar refractivity (Wildman–Crippen MR) is 78.3 cm³/mol. The summed E-state index contributed by atoms with van der Waals surface area (Å²) in [5.41, 5.74) is 1.28. The van der Waals surface area contributed by atoms with Crippen molar-refractivity contribution in [3.63, 3.8) is 0 Å². The zero-order chi connectivity index (χ0) is 13.5. The highest BCUT2D eigenvalue weighted by Gasteiger charge is 2.06. The molecule has 2 rings (SSSR count). The van der Waals surface area contributed by atoms with Gasteiger partial charge in [-0.05, 0) is 43.7 Å². The van der Waals surface area contributed by atoms with Gasteiger partial charge in [0.05, 0.1) is 12.9 Å². The fraction of sp³-hybridized carbons (Fsp3) is 0.467. The number of hydrogen-bond acceptors (Lipinski definition) is 4. The minimum Gasteiger partial charge on any atom is -0.467 e. The van der Waals surface area contributed by atoms with E-state index in [2.05, 4.69) is 25.2 Å². The molecule has 19 heavy (non-hydrogen) atoms. The molecule has 0 radical (unpaired) electrons. The lowest BCUT2D eigenvalue weighted by Crippen LogP contribution is -2.12. The number of ether oxygens (including phenoxy) is 1. The maximum Gasteiger partial charge on any atom is 0.129 e. The van der Waals surface area contributed by atoms with Crippen molar-refractivity contribution in [2.45, 2.75) is 40.0 Å². The predicted octanol–water partition coefficient (Wildman–Crippen LogP) is 3.87. The van der Waals surface area contributed by atoms with Crippen molar-refractivity contribution in [3.05, 3.63) is 45.5 Å². The van der Waals surface area contributed by atoms with E-state index >= 15 is 0 Å². The van der Waals surface area contributed by atoms with Crippen molar-refractivity contribution in [1.82, 2.24) is 5.32 Å². The Morgan fingerprint density at radius 2 is 2.26 bits per heavy atom. The molecule has 0 atom stereocenters. The van der Waals surface area contributed by atoms with Crippen LogP contribution in [0, 0.1) is 6.92 Å². The molecule has 0 unspecified atom stereocenters. The van der Waals surface area contributed by atoms with Crippen LogP contribution in [0.4, 0.5) is 0 Å². The van der Waals surface area contributed by atoms with E-state index in [9.17, 15) is 0 Å². The van der Waals surface area contributed by atoms with E-state index in [1.807, 2.05) is 23.5 Å². The largest absolute Gasteiger partial charge is 0.467 e. The molecule has 2 aromatic rings. The Bertz CT molecular complexity index is 476. The molecule has 0 amide bonds. The van der Waals surface area contributed by atoms with E-state index in [0.717, 1.165) is 18.8 Å². The average molecular weight is 279 g/mol. The monoisotopic (exact) mass is 279 g/mol. The van der Waals surface area contributed by atoms with Crippen molar-refractivity contribution in [3.8, 4) is 0 Å². The van der Waals surface area contributed by atoms with Gasteiger partial charge in [-0.25, -0.2) is 0 Å². The van der Waals surface area contributed by atoms with E-state index in [4.69, 9.17) is 9.15 Å². The van der Waals surface area contributed by atoms with Crippen LogP contribution in [0.25, 0.3) is 0 Å². The fourth-order valence-electron chi connectivity index (χ4n) is 1.86. The second-order valence-electron chi connectivity index (χ2n) is 4.54. The number of hydrogen-bond donors (Lipinski definition) is 1. The van der Waals surface area contributed by atoms with Gasteiger partial charge in [0.15, 0.2) is 0 Å². The molecule has 0 fully saturated rings. The quantitative estimate of drug-likeness (QED) is 0.745. The van der Waals surface area contributed by atoms with E-state index in [1.54, 1.807) is 6.26 Å². The van der Waals surface area contributed by atoms with Crippen LogP contribution in [0.3, 0.4) is 0 Å². The highest BCUT2D eigenvalue weighted by molar-refractivity contribution is 7.12. The van der Waals surface area contributed by atoms with Crippen LogP contribution in [-0.2, 0) is 24.5 Å². The maximum absolute atomic E-state index is 5.68. The van der Waals surface area contributed by atoms with Gasteiger partial charge in [-0.2, -0.15) is 0 Å². The summed E-state index contributed by atoms with van der Waals surface area (Å²) in [6.45, 7) is 7.54. The molecule has 0 aliphatic rings. The Morgan fingerprint density at radius 1 is 1.37 bits per heavy atom. The van der Waals surface area contributed by atoms with Crippen LogP contribution < -0.4 is 5.32 Å². The van der Waals surface area contributed by atoms with E-state index in [-0.39, 0.29) is 0 Å². The van der Waals surface area contributed by atoms with Gasteiger partial charge >= 0.3 is 0 Å². The minimum atomic E-state index is 0.533. The zero-order valence-electron chi connectivity index (χ0n) is 11.6. The fourth-order valence-corrected chi connectivity index (χ4v) is 2.88. The van der Waals surface area contributed by atoms with Crippen molar-refractivity contribution < 1.29 is 9.15 Å². The standard InChI is InChI=1S/C15H21NO2S/c1-3-6-16-9-15-8-13(12(2)19-15)10-17-11-14-5-4-7-18-14/h4-5,7-8,16H,3,6,9-11H2,1-2H3. The Labute approximate surface area is 118 Å². The molecule has 4 heteroatoms. The summed E-state index contributed by atoms with van der Waals surface area (Å²) in [5, 5.41) is 3.42. The zero-order valence-corrected chi connectivity index (χ0v) is 12.4.